The normalized spacial score (nSPS) is 43.4. The predicted octanol–water partition coefficient (Wildman–Crippen LogP) is 2.62. The van der Waals surface area contributed by atoms with Gasteiger partial charge in [-0.05, 0) is 48.1 Å². The summed E-state index contributed by atoms with van der Waals surface area (Å²) in [7, 11) is 0. The van der Waals surface area contributed by atoms with Gasteiger partial charge >= 0.3 is 17.9 Å². The molecule has 3 saturated heterocycles. The third-order valence-electron chi connectivity index (χ3n) is 10.6. The molecule has 9 heteroatoms. The summed E-state index contributed by atoms with van der Waals surface area (Å²) in [6.45, 7) is 5.77. The molecule has 3 aliphatic heterocycles. The molecular weight excluding hydrogens is 502 g/mol. The second-order valence-electron chi connectivity index (χ2n) is 13.3. The highest BCUT2D eigenvalue weighted by Gasteiger charge is 2.93. The Hall–Kier alpha value is -3.20. The number of ether oxygens (including phenoxy) is 3. The summed E-state index contributed by atoms with van der Waals surface area (Å²) < 4.78 is 17.8. The summed E-state index contributed by atoms with van der Waals surface area (Å²) in [6.07, 6.45) is 2.19. The Kier molecular flexibility index (Phi) is 4.91. The van der Waals surface area contributed by atoms with E-state index in [2.05, 4.69) is 12.2 Å². The van der Waals surface area contributed by atoms with Gasteiger partial charge in [0.1, 0.15) is 16.9 Å². The fourth-order valence-electron chi connectivity index (χ4n) is 8.89. The summed E-state index contributed by atoms with van der Waals surface area (Å²) in [6, 6.07) is 8.30. The van der Waals surface area contributed by atoms with Gasteiger partial charge in [-0.2, -0.15) is 0 Å². The Balaban J connectivity index is 1.40. The van der Waals surface area contributed by atoms with Crippen molar-refractivity contribution in [3.05, 3.63) is 48.0 Å². The van der Waals surface area contributed by atoms with Crippen LogP contribution in [0.15, 0.2) is 42.5 Å². The van der Waals surface area contributed by atoms with E-state index < -0.39 is 64.1 Å². The van der Waals surface area contributed by atoms with Crippen LogP contribution in [0.2, 0.25) is 0 Å². The lowest BCUT2D eigenvalue weighted by Crippen LogP contribution is -2.66. The molecule has 0 radical (unpaired) electrons. The molecule has 6 aliphatic rings. The molecule has 0 aromatic heterocycles. The second kappa shape index (κ2) is 7.71. The average molecular weight is 536 g/mol. The number of hydrogen-bond donors (Lipinski definition) is 1. The largest absolute Gasteiger partial charge is 0.461 e. The van der Waals surface area contributed by atoms with Gasteiger partial charge in [0, 0.05) is 13.0 Å². The predicted molar refractivity (Wildman–Crippen MR) is 134 cm³/mol. The standard InChI is InChI=1S/C30H33NO8/c1-27(2,3)29(36)13-20-28(14-21(32)37-20)26(35)39-25-30(28,29)22(38-24(34)17-7-5-4-6-8-17)23(33)31(25)15-19-12-16-9-10-18(19)11-16/h4-10,16,18-20,22,25,36H,11-15H2,1-3H3/t16?,18?,19-,20-,22-,25-,28-,29+,30+/m0/s1. The van der Waals surface area contributed by atoms with Crippen LogP contribution >= 0.6 is 0 Å². The van der Waals surface area contributed by atoms with Crippen LogP contribution in [0.5, 0.6) is 0 Å². The van der Waals surface area contributed by atoms with Crippen molar-refractivity contribution < 1.29 is 38.5 Å². The highest BCUT2D eigenvalue weighted by molar-refractivity contribution is 5.99. The lowest BCUT2D eigenvalue weighted by atomic mass is 9.52. The monoisotopic (exact) mass is 535 g/mol. The van der Waals surface area contributed by atoms with Gasteiger partial charge in [-0.3, -0.25) is 14.4 Å². The Morgan fingerprint density at radius 1 is 1.10 bits per heavy atom. The Bertz CT molecular complexity index is 1320. The first kappa shape index (κ1) is 24.8. The fourth-order valence-corrected chi connectivity index (χ4v) is 8.89. The maximum Gasteiger partial charge on any atom is 0.338 e. The quantitative estimate of drug-likeness (QED) is 0.355. The first-order chi connectivity index (χ1) is 18.4. The molecule has 2 unspecified atom stereocenters. The molecule has 2 spiro atoms. The first-order valence-corrected chi connectivity index (χ1v) is 13.8. The number of carbonyl (C=O) groups is 4. The van der Waals surface area contributed by atoms with Crippen molar-refractivity contribution in [3.63, 3.8) is 0 Å². The van der Waals surface area contributed by atoms with Crippen molar-refractivity contribution in [3.8, 4) is 0 Å². The van der Waals surface area contributed by atoms with Gasteiger partial charge in [-0.15, -0.1) is 0 Å². The number of allylic oxidation sites excluding steroid dienone is 2. The Labute approximate surface area is 226 Å². The highest BCUT2D eigenvalue weighted by atomic mass is 16.6. The minimum atomic E-state index is -1.75. The summed E-state index contributed by atoms with van der Waals surface area (Å²) in [5.74, 6) is -1.61. The number of esters is 3. The molecule has 1 aromatic rings. The van der Waals surface area contributed by atoms with Crippen molar-refractivity contribution in [2.75, 3.05) is 6.54 Å². The molecule has 3 heterocycles. The summed E-state index contributed by atoms with van der Waals surface area (Å²) in [5.41, 5.74) is -5.80. The van der Waals surface area contributed by atoms with Crippen molar-refractivity contribution in [2.24, 2.45) is 34.0 Å². The van der Waals surface area contributed by atoms with E-state index in [0.29, 0.717) is 18.4 Å². The number of amides is 1. The highest BCUT2D eigenvalue weighted by Crippen LogP contribution is 2.76. The van der Waals surface area contributed by atoms with E-state index >= 15 is 0 Å². The lowest BCUT2D eigenvalue weighted by Gasteiger charge is -2.51. The molecule has 1 amide bonds. The number of rotatable bonds is 4. The number of benzene rings is 1. The number of hydrogen-bond acceptors (Lipinski definition) is 8. The molecule has 5 fully saturated rings. The zero-order valence-electron chi connectivity index (χ0n) is 22.3. The zero-order chi connectivity index (χ0) is 27.5. The molecule has 2 bridgehead atoms. The van der Waals surface area contributed by atoms with E-state index in [-0.39, 0.29) is 24.3 Å². The van der Waals surface area contributed by atoms with Crippen molar-refractivity contribution in [2.45, 2.75) is 70.5 Å². The molecule has 2 saturated carbocycles. The topological polar surface area (TPSA) is 119 Å². The molecule has 3 aliphatic carbocycles. The van der Waals surface area contributed by atoms with Crippen LogP contribution in [0.3, 0.4) is 0 Å². The molecule has 9 atom stereocenters. The average Bonchev–Trinajstić information content (AvgIpc) is 3.69. The molecule has 7 rings (SSSR count). The summed E-state index contributed by atoms with van der Waals surface area (Å²) in [4.78, 5) is 56.0. The zero-order valence-corrected chi connectivity index (χ0v) is 22.3. The Morgan fingerprint density at radius 2 is 1.85 bits per heavy atom. The SMILES string of the molecule is CC(C)(C)[C@]1(O)C[C@@H]2OC(=O)C[C@@]23C(=O)O[C@@H]2N(C[C@@H]4CC5C=CC4C5)C(=O)[C@H](OC(=O)c4ccccc4)[C@]213. The minimum absolute atomic E-state index is 0.0643. The number of aliphatic hydroxyl groups is 1. The summed E-state index contributed by atoms with van der Waals surface area (Å²) >= 11 is 0. The maximum absolute atomic E-state index is 14.4. The number of likely N-dealkylation sites (tertiary alicyclic amines) is 1. The lowest BCUT2D eigenvalue weighted by molar-refractivity contribution is -0.212. The molecular formula is C30H33NO8. The van der Waals surface area contributed by atoms with E-state index in [1.54, 1.807) is 30.3 Å². The third-order valence-corrected chi connectivity index (χ3v) is 10.6. The van der Waals surface area contributed by atoms with Gasteiger partial charge in [-0.25, -0.2) is 4.79 Å². The molecule has 206 valence electrons. The molecule has 9 nitrogen and oxygen atoms in total. The van der Waals surface area contributed by atoms with Crippen molar-refractivity contribution in [1.29, 1.82) is 0 Å². The maximum atomic E-state index is 14.4. The van der Waals surface area contributed by atoms with E-state index in [1.807, 2.05) is 20.8 Å². The van der Waals surface area contributed by atoms with E-state index in [9.17, 15) is 24.3 Å². The van der Waals surface area contributed by atoms with Crippen LogP contribution in [0, 0.1) is 34.0 Å². The van der Waals surface area contributed by atoms with Gasteiger partial charge in [0.05, 0.1) is 17.6 Å². The first-order valence-electron chi connectivity index (χ1n) is 13.8. The smallest absolute Gasteiger partial charge is 0.338 e. The number of fused-ring (bicyclic) bond motifs is 2. The van der Waals surface area contributed by atoms with Gasteiger partial charge in [0.2, 0.25) is 0 Å². The van der Waals surface area contributed by atoms with E-state index in [4.69, 9.17) is 14.2 Å². The fraction of sp³-hybridized carbons (Fsp3) is 0.600. The molecule has 1 N–H and O–H groups in total. The van der Waals surface area contributed by atoms with E-state index in [0.717, 1.165) is 12.8 Å². The third kappa shape index (κ3) is 2.84. The van der Waals surface area contributed by atoms with Crippen LogP contribution in [-0.4, -0.2) is 64.4 Å². The van der Waals surface area contributed by atoms with Crippen molar-refractivity contribution >= 4 is 23.8 Å². The van der Waals surface area contributed by atoms with Crippen LogP contribution < -0.4 is 0 Å². The van der Waals surface area contributed by atoms with Gasteiger partial charge in [0.25, 0.3) is 5.91 Å². The number of carbonyl (C=O) groups excluding carboxylic acids is 4. The van der Waals surface area contributed by atoms with Crippen LogP contribution in [0.4, 0.5) is 0 Å². The summed E-state index contributed by atoms with van der Waals surface area (Å²) in [5, 5.41) is 12.7. The van der Waals surface area contributed by atoms with Crippen LogP contribution in [-0.2, 0) is 28.6 Å². The number of nitrogens with zero attached hydrogens (tertiary/aromatic N) is 1. The second-order valence-corrected chi connectivity index (χ2v) is 13.3. The van der Waals surface area contributed by atoms with Crippen LogP contribution in [0.1, 0.15) is 56.8 Å². The van der Waals surface area contributed by atoms with Crippen molar-refractivity contribution in [1.82, 2.24) is 4.90 Å². The molecule has 39 heavy (non-hydrogen) atoms. The Morgan fingerprint density at radius 3 is 2.49 bits per heavy atom. The van der Waals surface area contributed by atoms with E-state index in [1.165, 1.54) is 4.90 Å². The van der Waals surface area contributed by atoms with Gasteiger partial charge in [-0.1, -0.05) is 51.1 Å². The van der Waals surface area contributed by atoms with Crippen LogP contribution in [0.25, 0.3) is 0 Å². The van der Waals surface area contributed by atoms with Gasteiger partial charge in [0.15, 0.2) is 12.3 Å². The minimum Gasteiger partial charge on any atom is -0.461 e. The van der Waals surface area contributed by atoms with Gasteiger partial charge < -0.3 is 24.2 Å². The molecule has 1 aromatic carbocycles.